The van der Waals surface area contributed by atoms with Crippen molar-refractivity contribution < 1.29 is 14.9 Å². The van der Waals surface area contributed by atoms with Crippen molar-refractivity contribution >= 4 is 0 Å². The first-order valence-corrected chi connectivity index (χ1v) is 2.92. The smallest absolute Gasteiger partial charge is 0.501 e. The maximum absolute atomic E-state index is 8.86. The Morgan fingerprint density at radius 3 is 2.45 bits per heavy atom. The minimum absolute atomic E-state index is 0.206. The molecule has 0 radical (unpaired) electrons. The number of rotatable bonds is 3. The average Bonchev–Trinajstić information content (AvgIpc) is 1.88. The zero-order valence-corrected chi connectivity index (χ0v) is 6.11. The van der Waals surface area contributed by atoms with Crippen LogP contribution in [0.25, 0.3) is 4.98 Å². The van der Waals surface area contributed by atoms with Crippen molar-refractivity contribution in [3.8, 4) is 0 Å². The molecule has 5 nitrogen and oxygen atoms in total. The van der Waals surface area contributed by atoms with Crippen molar-refractivity contribution in [2.75, 3.05) is 6.61 Å². The first-order valence-electron chi connectivity index (χ1n) is 2.92. The number of aliphatic hydroxyl groups excluding tert-OH is 2. The van der Waals surface area contributed by atoms with Crippen LogP contribution in [0.1, 0.15) is 6.92 Å². The fourth-order valence-corrected chi connectivity index (χ4v) is 0.429. The molecule has 0 aromatic heterocycles. The molecule has 0 saturated carbocycles. The fraction of sp³-hybridized carbons (Fsp3) is 0.333. The second-order valence-corrected chi connectivity index (χ2v) is 1.63. The van der Waals surface area contributed by atoms with E-state index in [1.165, 1.54) is 0 Å². The quantitative estimate of drug-likeness (QED) is 0.371. The highest BCUT2D eigenvalue weighted by atomic mass is 16.6. The summed E-state index contributed by atoms with van der Waals surface area (Å²) in [5.74, 6) is -1.21. The maximum atomic E-state index is 8.86. The third kappa shape index (κ3) is 2.58. The van der Waals surface area contributed by atoms with Gasteiger partial charge in [0.05, 0.1) is 6.61 Å². The summed E-state index contributed by atoms with van der Waals surface area (Å²) in [5.41, 5.74) is -0.466. The zero-order valence-electron chi connectivity index (χ0n) is 6.11. The van der Waals surface area contributed by atoms with Crippen LogP contribution in [0.4, 0.5) is 0 Å². The molecule has 0 aliphatic heterocycles. The van der Waals surface area contributed by atoms with Crippen LogP contribution < -0.4 is 0 Å². The minimum atomic E-state index is -0.650. The van der Waals surface area contributed by atoms with E-state index in [1.807, 2.05) is 0 Å². The van der Waals surface area contributed by atoms with Gasteiger partial charge in [-0.25, -0.2) is 0 Å². The van der Waals surface area contributed by atoms with Crippen molar-refractivity contribution in [2.45, 2.75) is 6.92 Å². The molecular weight excluding hydrogens is 148 g/mol. The van der Waals surface area contributed by atoms with Crippen LogP contribution in [0.15, 0.2) is 24.0 Å². The Bertz CT molecular complexity index is 226. The van der Waals surface area contributed by atoms with Gasteiger partial charge in [-0.2, -0.15) is 0 Å². The molecule has 0 aliphatic rings. The van der Waals surface area contributed by atoms with E-state index in [0.717, 1.165) is 0 Å². The second-order valence-electron chi connectivity index (χ2n) is 1.63. The molecule has 0 spiro atoms. The summed E-state index contributed by atoms with van der Waals surface area (Å²) in [6.07, 6.45) is 0. The van der Waals surface area contributed by atoms with Gasteiger partial charge >= 0.3 is 11.6 Å². The first kappa shape index (κ1) is 9.30. The molecule has 0 amide bonds. The standard InChI is InChI=1S/C6H8N2O3/c1-3-11-6(10)5(8-7)4(2)9/h2-3H2,1H3,(H-,9,10)/p+1/b6-5+. The Hall–Kier alpha value is -1.70. The summed E-state index contributed by atoms with van der Waals surface area (Å²) in [4.78, 5) is 2.56. The van der Waals surface area contributed by atoms with E-state index in [2.05, 4.69) is 16.3 Å². The number of ether oxygens (including phenoxy) is 1. The number of diazo groups is 1. The molecule has 0 aromatic carbocycles. The Morgan fingerprint density at radius 2 is 2.18 bits per heavy atom. The second kappa shape index (κ2) is 4.17. The lowest BCUT2D eigenvalue weighted by molar-refractivity contribution is 0.0979. The van der Waals surface area contributed by atoms with Crippen molar-refractivity contribution in [3.05, 3.63) is 29.0 Å². The minimum Gasteiger partial charge on any atom is -0.501 e. The number of nitrogens with zero attached hydrogens (tertiary/aromatic N) is 2. The van der Waals surface area contributed by atoms with Crippen molar-refractivity contribution in [2.24, 2.45) is 0 Å². The lowest BCUT2D eigenvalue weighted by Gasteiger charge is -1.95. The summed E-state index contributed by atoms with van der Waals surface area (Å²) in [6, 6.07) is 0. The first-order chi connectivity index (χ1) is 5.13. The van der Waals surface area contributed by atoms with E-state index in [1.54, 1.807) is 6.92 Å². The third-order valence-corrected chi connectivity index (χ3v) is 0.857. The number of hydrogen-bond acceptors (Lipinski definition) is 4. The summed E-state index contributed by atoms with van der Waals surface area (Å²) < 4.78 is 4.52. The van der Waals surface area contributed by atoms with Crippen molar-refractivity contribution in [1.29, 1.82) is 5.39 Å². The Labute approximate surface area is 63.8 Å². The predicted molar refractivity (Wildman–Crippen MR) is 38.1 cm³/mol. The molecule has 0 atom stereocenters. The van der Waals surface area contributed by atoms with Crippen LogP contribution in [0.3, 0.4) is 0 Å². The lowest BCUT2D eigenvalue weighted by Crippen LogP contribution is -1.95. The molecule has 0 unspecified atom stereocenters. The third-order valence-electron chi connectivity index (χ3n) is 0.857. The molecule has 11 heavy (non-hydrogen) atoms. The molecule has 0 fully saturated rings. The Balaban J connectivity index is 4.58. The van der Waals surface area contributed by atoms with E-state index >= 15 is 0 Å². The highest BCUT2D eigenvalue weighted by molar-refractivity contribution is 5.27. The van der Waals surface area contributed by atoms with Crippen LogP contribution in [0, 0.1) is 5.39 Å². The maximum Gasteiger partial charge on any atom is 0.504 e. The van der Waals surface area contributed by atoms with Crippen LogP contribution in [-0.2, 0) is 4.74 Å². The van der Waals surface area contributed by atoms with E-state index in [4.69, 9.17) is 15.6 Å². The lowest BCUT2D eigenvalue weighted by atomic mass is 10.4. The molecule has 2 N–H and O–H groups in total. The molecule has 0 aromatic rings. The molecule has 5 heteroatoms. The Morgan fingerprint density at radius 1 is 1.64 bits per heavy atom. The van der Waals surface area contributed by atoms with E-state index < -0.39 is 17.4 Å². The van der Waals surface area contributed by atoms with Crippen molar-refractivity contribution in [3.63, 3.8) is 0 Å². The molecular formula is C6H9N2O3+. The van der Waals surface area contributed by atoms with Gasteiger partial charge in [0.1, 0.15) is 0 Å². The van der Waals surface area contributed by atoms with Gasteiger partial charge in [-0.3, -0.25) is 0 Å². The molecule has 0 heterocycles. The van der Waals surface area contributed by atoms with Gasteiger partial charge in [-0.15, -0.1) is 0 Å². The highest BCUT2D eigenvalue weighted by Crippen LogP contribution is 2.11. The highest BCUT2D eigenvalue weighted by Gasteiger charge is 2.23. The van der Waals surface area contributed by atoms with Crippen LogP contribution in [0.2, 0.25) is 0 Å². The Kier molecular flexibility index (Phi) is 3.52. The van der Waals surface area contributed by atoms with E-state index in [-0.39, 0.29) is 6.61 Å². The van der Waals surface area contributed by atoms with Gasteiger partial charge in [0.2, 0.25) is 11.2 Å². The van der Waals surface area contributed by atoms with Gasteiger partial charge in [0, 0.05) is 0 Å². The van der Waals surface area contributed by atoms with Crippen molar-refractivity contribution in [1.82, 2.24) is 0 Å². The molecule has 0 bridgehead atoms. The van der Waals surface area contributed by atoms with Gasteiger partial charge in [0.25, 0.3) is 0 Å². The van der Waals surface area contributed by atoms with Gasteiger partial charge in [0.15, 0.2) is 4.98 Å². The van der Waals surface area contributed by atoms with E-state index in [9.17, 15) is 0 Å². The number of hydrogen-bond donors (Lipinski definition) is 2. The SMILES string of the molecule is C=C(O)/C([N+]#N)=C(/O)OCC. The van der Waals surface area contributed by atoms with Crippen LogP contribution in [-0.4, -0.2) is 16.8 Å². The fourth-order valence-electron chi connectivity index (χ4n) is 0.429. The molecule has 0 rings (SSSR count). The monoisotopic (exact) mass is 157 g/mol. The molecule has 0 saturated heterocycles. The van der Waals surface area contributed by atoms with Crippen LogP contribution >= 0.6 is 0 Å². The summed E-state index contributed by atoms with van der Waals surface area (Å²) >= 11 is 0. The summed E-state index contributed by atoms with van der Waals surface area (Å²) in [7, 11) is 0. The largest absolute Gasteiger partial charge is 0.504 e. The number of aliphatic hydroxyl groups is 2. The topological polar surface area (TPSA) is 77.8 Å². The van der Waals surface area contributed by atoms with Crippen LogP contribution in [0.5, 0.6) is 0 Å². The summed E-state index contributed by atoms with van der Waals surface area (Å²) in [6.45, 7) is 4.87. The zero-order chi connectivity index (χ0) is 8.85. The summed E-state index contributed by atoms with van der Waals surface area (Å²) in [5, 5.41) is 25.7. The molecule has 60 valence electrons. The predicted octanol–water partition coefficient (Wildman–Crippen LogP) is 1.67. The average molecular weight is 157 g/mol. The normalized spacial score (nSPS) is 11.3. The molecule has 0 aliphatic carbocycles. The van der Waals surface area contributed by atoms with Gasteiger partial charge < -0.3 is 14.9 Å². The van der Waals surface area contributed by atoms with E-state index in [0.29, 0.717) is 0 Å². The van der Waals surface area contributed by atoms with Gasteiger partial charge in [-0.05, 0) is 13.5 Å². The van der Waals surface area contributed by atoms with Gasteiger partial charge in [-0.1, -0.05) is 0 Å².